The average Bonchev–Trinajstić information content (AvgIpc) is 3.14. The van der Waals surface area contributed by atoms with Gasteiger partial charge in [-0.15, -0.1) is 24.8 Å². The minimum atomic E-state index is -0.000738. The summed E-state index contributed by atoms with van der Waals surface area (Å²) in [6, 6.07) is 4.26. The van der Waals surface area contributed by atoms with Crippen LogP contribution in [0.5, 0.6) is 5.88 Å². The molecular formula is C18H23Cl2N5O. The molecule has 8 heteroatoms. The Balaban J connectivity index is 0.00000121. The van der Waals surface area contributed by atoms with E-state index >= 15 is 0 Å². The maximum Gasteiger partial charge on any atom is 0.238 e. The highest BCUT2D eigenvalue weighted by Gasteiger charge is 2.22. The quantitative estimate of drug-likeness (QED) is 0.708. The van der Waals surface area contributed by atoms with Crippen molar-refractivity contribution in [2.45, 2.75) is 38.6 Å². The van der Waals surface area contributed by atoms with E-state index in [4.69, 9.17) is 0 Å². The number of aliphatic imine (C=N–C) groups is 1. The Labute approximate surface area is 165 Å². The van der Waals surface area contributed by atoms with E-state index in [0.717, 1.165) is 17.6 Å². The Morgan fingerprint density at radius 3 is 2.88 bits per heavy atom. The molecule has 1 saturated carbocycles. The molecule has 0 bridgehead atoms. The Morgan fingerprint density at radius 2 is 2.08 bits per heavy atom. The van der Waals surface area contributed by atoms with E-state index in [1.54, 1.807) is 12.4 Å². The lowest BCUT2D eigenvalue weighted by atomic mass is 9.86. The molecule has 2 aromatic heterocycles. The molecule has 1 aliphatic carbocycles. The molecule has 0 spiro atoms. The third kappa shape index (κ3) is 4.02. The number of imidazole rings is 1. The van der Waals surface area contributed by atoms with Crippen LogP contribution < -0.4 is 5.32 Å². The fourth-order valence-corrected chi connectivity index (χ4v) is 3.45. The molecule has 3 N–H and O–H groups in total. The van der Waals surface area contributed by atoms with Crippen LogP contribution in [0.2, 0.25) is 0 Å². The van der Waals surface area contributed by atoms with Crippen LogP contribution in [0.1, 0.15) is 43.9 Å². The number of aromatic hydroxyl groups is 1. The van der Waals surface area contributed by atoms with Crippen LogP contribution in [0.4, 0.5) is 11.8 Å². The summed E-state index contributed by atoms with van der Waals surface area (Å²) >= 11 is 0. The van der Waals surface area contributed by atoms with Crippen molar-refractivity contribution < 1.29 is 5.11 Å². The van der Waals surface area contributed by atoms with Crippen molar-refractivity contribution in [3.63, 3.8) is 0 Å². The molecule has 4 rings (SSSR count). The minimum Gasteiger partial charge on any atom is -0.492 e. The summed E-state index contributed by atoms with van der Waals surface area (Å²) in [6.07, 6.45) is 10.3. The topological polar surface area (TPSA) is 86.2 Å². The Morgan fingerprint density at radius 1 is 1.27 bits per heavy atom. The van der Waals surface area contributed by atoms with Crippen molar-refractivity contribution in [3.05, 3.63) is 29.6 Å². The van der Waals surface area contributed by atoms with Crippen molar-refractivity contribution in [2.75, 3.05) is 5.32 Å². The zero-order valence-corrected chi connectivity index (χ0v) is 16.1. The molecule has 0 amide bonds. The van der Waals surface area contributed by atoms with E-state index in [2.05, 4.69) is 32.2 Å². The molecule has 1 aliphatic heterocycles. The van der Waals surface area contributed by atoms with Gasteiger partial charge in [0.1, 0.15) is 5.69 Å². The number of rotatable bonds is 3. The second-order valence-corrected chi connectivity index (χ2v) is 6.57. The zero-order valence-electron chi connectivity index (χ0n) is 14.5. The molecule has 140 valence electrons. The summed E-state index contributed by atoms with van der Waals surface area (Å²) in [7, 11) is 0. The number of aromatic amines is 1. The molecule has 2 aromatic rings. The van der Waals surface area contributed by atoms with Crippen LogP contribution >= 0.6 is 24.8 Å². The minimum absolute atomic E-state index is 0. The lowest BCUT2D eigenvalue weighted by molar-refractivity contribution is 0.348. The van der Waals surface area contributed by atoms with Crippen molar-refractivity contribution in [1.82, 2.24) is 15.0 Å². The normalized spacial score (nSPS) is 22.4. The third-order valence-electron chi connectivity index (χ3n) is 4.87. The SMILES string of the molecule is CC1CCCCC1Nc1nc(O)c(C=C2C=Nc3ncccc32)[nH]1.Cl.Cl. The first-order valence-corrected chi connectivity index (χ1v) is 8.47. The van der Waals surface area contributed by atoms with Gasteiger partial charge in [-0.25, -0.2) is 9.98 Å². The Kier molecular flexibility index (Phi) is 6.67. The summed E-state index contributed by atoms with van der Waals surface area (Å²) in [5.74, 6) is 1.95. The number of aromatic nitrogens is 3. The summed E-state index contributed by atoms with van der Waals surface area (Å²) in [6.45, 7) is 2.27. The van der Waals surface area contributed by atoms with Crippen molar-refractivity contribution in [1.29, 1.82) is 0 Å². The second kappa shape index (κ2) is 8.56. The van der Waals surface area contributed by atoms with Crippen LogP contribution in [0.25, 0.3) is 11.6 Å². The molecule has 26 heavy (non-hydrogen) atoms. The smallest absolute Gasteiger partial charge is 0.238 e. The predicted molar refractivity (Wildman–Crippen MR) is 110 cm³/mol. The molecule has 0 saturated heterocycles. The number of fused-ring (bicyclic) bond motifs is 1. The lowest BCUT2D eigenvalue weighted by Crippen LogP contribution is -2.30. The highest BCUT2D eigenvalue weighted by Crippen LogP contribution is 2.32. The van der Waals surface area contributed by atoms with Gasteiger partial charge in [0.05, 0.1) is 0 Å². The van der Waals surface area contributed by atoms with Gasteiger partial charge < -0.3 is 15.4 Å². The van der Waals surface area contributed by atoms with E-state index < -0.39 is 0 Å². The van der Waals surface area contributed by atoms with Gasteiger partial charge in [0.2, 0.25) is 11.8 Å². The first-order chi connectivity index (χ1) is 11.7. The predicted octanol–water partition coefficient (Wildman–Crippen LogP) is 4.60. The van der Waals surface area contributed by atoms with Gasteiger partial charge in [0.25, 0.3) is 0 Å². The number of nitrogens with zero attached hydrogens (tertiary/aromatic N) is 3. The largest absolute Gasteiger partial charge is 0.492 e. The average molecular weight is 396 g/mol. The van der Waals surface area contributed by atoms with E-state index in [9.17, 15) is 5.11 Å². The van der Waals surface area contributed by atoms with E-state index in [0.29, 0.717) is 29.4 Å². The summed E-state index contributed by atoms with van der Waals surface area (Å²) in [5, 5.41) is 13.6. The van der Waals surface area contributed by atoms with Crippen LogP contribution in [0.3, 0.4) is 0 Å². The fraction of sp³-hybridized carbons (Fsp3) is 0.389. The zero-order chi connectivity index (χ0) is 16.5. The number of anilines is 1. The molecule has 0 radical (unpaired) electrons. The van der Waals surface area contributed by atoms with Gasteiger partial charge in [-0.05, 0) is 37.0 Å². The number of pyridine rings is 1. The van der Waals surface area contributed by atoms with Crippen LogP contribution in [-0.2, 0) is 0 Å². The second-order valence-electron chi connectivity index (χ2n) is 6.57. The fourth-order valence-electron chi connectivity index (χ4n) is 3.45. The van der Waals surface area contributed by atoms with Crippen LogP contribution in [-0.4, -0.2) is 32.3 Å². The molecule has 2 aliphatic rings. The number of nitrogens with one attached hydrogen (secondary N) is 2. The van der Waals surface area contributed by atoms with E-state index in [1.165, 1.54) is 19.3 Å². The number of H-pyrrole nitrogens is 1. The van der Waals surface area contributed by atoms with Gasteiger partial charge in [0, 0.05) is 29.6 Å². The Hall–Kier alpha value is -2.05. The molecule has 2 atom stereocenters. The first-order valence-electron chi connectivity index (χ1n) is 8.47. The molecule has 0 aromatic carbocycles. The summed E-state index contributed by atoms with van der Waals surface area (Å²) in [4.78, 5) is 15.9. The van der Waals surface area contributed by atoms with Crippen LogP contribution in [0, 0.1) is 5.92 Å². The van der Waals surface area contributed by atoms with Gasteiger partial charge in [-0.2, -0.15) is 4.98 Å². The van der Waals surface area contributed by atoms with Crippen molar-refractivity contribution in [3.8, 4) is 5.88 Å². The van der Waals surface area contributed by atoms with Crippen molar-refractivity contribution in [2.24, 2.45) is 10.9 Å². The number of halogens is 2. The highest BCUT2D eigenvalue weighted by molar-refractivity contribution is 6.20. The van der Waals surface area contributed by atoms with Crippen LogP contribution in [0.15, 0.2) is 23.3 Å². The summed E-state index contributed by atoms with van der Waals surface area (Å²) in [5.41, 5.74) is 2.45. The molecule has 6 nitrogen and oxygen atoms in total. The van der Waals surface area contributed by atoms with Gasteiger partial charge >= 0.3 is 0 Å². The van der Waals surface area contributed by atoms with E-state index in [1.807, 2.05) is 18.2 Å². The first kappa shape index (κ1) is 20.3. The lowest BCUT2D eigenvalue weighted by Gasteiger charge is -2.29. The number of hydrogen-bond donors (Lipinski definition) is 3. The standard InChI is InChI=1S/C18H21N5O.2ClH/c1-11-5-2-3-7-14(11)21-18-22-15(17(24)23-18)9-12-10-20-16-13(12)6-4-8-19-16;;/h4,6,8-11,14,24H,2-3,5,7H2,1H3,(H2,21,22,23);2*1H. The summed E-state index contributed by atoms with van der Waals surface area (Å²) < 4.78 is 0. The molecule has 2 unspecified atom stereocenters. The Bertz CT molecular complexity index is 818. The monoisotopic (exact) mass is 395 g/mol. The third-order valence-corrected chi connectivity index (χ3v) is 4.87. The highest BCUT2D eigenvalue weighted by atomic mass is 35.5. The number of hydrogen-bond acceptors (Lipinski definition) is 5. The van der Waals surface area contributed by atoms with Gasteiger partial charge in [-0.1, -0.05) is 19.8 Å². The van der Waals surface area contributed by atoms with Gasteiger partial charge in [0.15, 0.2) is 5.82 Å². The van der Waals surface area contributed by atoms with E-state index in [-0.39, 0.29) is 30.7 Å². The van der Waals surface area contributed by atoms with Crippen molar-refractivity contribution >= 4 is 54.4 Å². The molecule has 3 heterocycles. The number of allylic oxidation sites excluding steroid dienone is 1. The van der Waals surface area contributed by atoms with Gasteiger partial charge in [-0.3, -0.25) is 0 Å². The maximum atomic E-state index is 10.1. The molecular weight excluding hydrogens is 373 g/mol. The maximum absolute atomic E-state index is 10.1. The molecule has 1 fully saturated rings.